The monoisotopic (exact) mass is 586 g/mol. The minimum Gasteiger partial charge on any atom is -0.0683 e. The summed E-state index contributed by atoms with van der Waals surface area (Å²) in [4.78, 5) is 0. The fraction of sp³-hybridized carbons (Fsp3) is 0.0435. The fourth-order valence-corrected chi connectivity index (χ4v) is 7.18. The summed E-state index contributed by atoms with van der Waals surface area (Å²) in [5.74, 6) is 0. The lowest BCUT2D eigenvalue weighted by molar-refractivity contribution is 1.50. The van der Waals surface area contributed by atoms with E-state index < -0.39 is 0 Å². The highest BCUT2D eigenvalue weighted by Gasteiger charge is 2.19. The molecule has 0 N–H and O–H groups in total. The molecule has 0 unspecified atom stereocenters. The second-order valence-electron chi connectivity index (χ2n) is 11.7. The smallest absolute Gasteiger partial charge is 0.00141 e. The lowest BCUT2D eigenvalue weighted by Gasteiger charge is -2.20. The second kappa shape index (κ2) is 11.7. The van der Waals surface area contributed by atoms with E-state index in [4.69, 9.17) is 0 Å². The van der Waals surface area contributed by atoms with Gasteiger partial charge in [0.2, 0.25) is 0 Å². The lowest BCUT2D eigenvalue weighted by Crippen LogP contribution is -1.92. The average molecular weight is 587 g/mol. The van der Waals surface area contributed by atoms with Gasteiger partial charge in [-0.15, -0.1) is 0 Å². The van der Waals surface area contributed by atoms with Crippen LogP contribution in [0.1, 0.15) is 13.8 Å². The average Bonchev–Trinajstić information content (AvgIpc) is 3.14. The first-order valence-corrected chi connectivity index (χ1v) is 16.3. The molecule has 46 heavy (non-hydrogen) atoms. The van der Waals surface area contributed by atoms with Crippen LogP contribution in [0.2, 0.25) is 0 Å². The van der Waals surface area contributed by atoms with Gasteiger partial charge in [-0.25, -0.2) is 0 Å². The van der Waals surface area contributed by atoms with E-state index in [1.807, 2.05) is 13.8 Å². The quantitative estimate of drug-likeness (QED) is 0.143. The third-order valence-electron chi connectivity index (χ3n) is 9.23. The molecule has 9 aromatic rings. The Balaban J connectivity index is 0.00000153. The van der Waals surface area contributed by atoms with Crippen molar-refractivity contribution in [3.8, 4) is 33.4 Å². The van der Waals surface area contributed by atoms with Crippen molar-refractivity contribution in [3.05, 3.63) is 170 Å². The van der Waals surface area contributed by atoms with Crippen LogP contribution in [0.4, 0.5) is 0 Å². The van der Waals surface area contributed by atoms with Crippen molar-refractivity contribution in [1.29, 1.82) is 0 Å². The van der Waals surface area contributed by atoms with Gasteiger partial charge in [0.1, 0.15) is 0 Å². The largest absolute Gasteiger partial charge is 0.0683 e. The summed E-state index contributed by atoms with van der Waals surface area (Å²) in [6, 6.07) is 62.3. The zero-order valence-corrected chi connectivity index (χ0v) is 26.2. The fourth-order valence-electron chi connectivity index (χ4n) is 7.18. The topological polar surface area (TPSA) is 0 Å². The number of benzene rings is 9. The van der Waals surface area contributed by atoms with Crippen LogP contribution in [-0.4, -0.2) is 0 Å². The maximum absolute atomic E-state index is 2.41. The Kier molecular flexibility index (Phi) is 7.04. The third kappa shape index (κ3) is 4.54. The summed E-state index contributed by atoms with van der Waals surface area (Å²) in [6.07, 6.45) is 0. The molecule has 0 aliphatic carbocycles. The van der Waals surface area contributed by atoms with Gasteiger partial charge in [0.25, 0.3) is 0 Å². The van der Waals surface area contributed by atoms with Crippen LogP contribution in [0.5, 0.6) is 0 Å². The van der Waals surface area contributed by atoms with E-state index in [-0.39, 0.29) is 0 Å². The minimum absolute atomic E-state index is 1.23. The van der Waals surface area contributed by atoms with Gasteiger partial charge in [0, 0.05) is 0 Å². The molecule has 0 radical (unpaired) electrons. The van der Waals surface area contributed by atoms with Gasteiger partial charge in [0.05, 0.1) is 0 Å². The highest BCUT2D eigenvalue weighted by Crippen LogP contribution is 2.47. The van der Waals surface area contributed by atoms with Crippen molar-refractivity contribution in [2.75, 3.05) is 0 Å². The molecule has 0 heteroatoms. The summed E-state index contributed by atoms with van der Waals surface area (Å²) in [5, 5.41) is 12.8. The zero-order chi connectivity index (χ0) is 31.0. The van der Waals surface area contributed by atoms with Crippen LogP contribution in [-0.2, 0) is 0 Å². The van der Waals surface area contributed by atoms with Gasteiger partial charge in [0.15, 0.2) is 0 Å². The number of fused-ring (bicyclic) bond motifs is 7. The van der Waals surface area contributed by atoms with Gasteiger partial charge in [-0.3, -0.25) is 0 Å². The highest BCUT2D eigenvalue weighted by atomic mass is 14.2. The molecule has 218 valence electrons. The Labute approximate surface area is 270 Å². The molecular formula is C46H34. The van der Waals surface area contributed by atoms with Crippen molar-refractivity contribution in [1.82, 2.24) is 0 Å². The van der Waals surface area contributed by atoms with E-state index in [2.05, 4.69) is 170 Å². The predicted molar refractivity (Wildman–Crippen MR) is 202 cm³/mol. The molecule has 0 aromatic heterocycles. The molecule has 0 saturated heterocycles. The molecule has 0 fully saturated rings. The van der Waals surface area contributed by atoms with Crippen molar-refractivity contribution in [3.63, 3.8) is 0 Å². The molecule has 0 aliphatic rings. The van der Waals surface area contributed by atoms with Crippen molar-refractivity contribution in [2.24, 2.45) is 0 Å². The summed E-state index contributed by atoms with van der Waals surface area (Å²) < 4.78 is 0. The van der Waals surface area contributed by atoms with Crippen LogP contribution >= 0.6 is 0 Å². The Bertz CT molecular complexity index is 2520. The zero-order valence-electron chi connectivity index (χ0n) is 26.2. The highest BCUT2D eigenvalue weighted by molar-refractivity contribution is 6.28. The van der Waals surface area contributed by atoms with Gasteiger partial charge in [-0.1, -0.05) is 178 Å². The van der Waals surface area contributed by atoms with Gasteiger partial charge >= 0.3 is 0 Å². The van der Waals surface area contributed by atoms with Crippen molar-refractivity contribution in [2.45, 2.75) is 13.8 Å². The first-order chi connectivity index (χ1) is 22.8. The maximum atomic E-state index is 2.41. The van der Waals surface area contributed by atoms with E-state index in [9.17, 15) is 0 Å². The van der Waals surface area contributed by atoms with Crippen LogP contribution in [0.15, 0.2) is 170 Å². The molecule has 0 spiro atoms. The Morgan fingerprint density at radius 1 is 0.261 bits per heavy atom. The molecular weight excluding hydrogens is 553 g/mol. The SMILES string of the molecule is CC.c1ccc(-c2ccc(-c3c4ccccc4c(-c4ccc5ccc6ccccc6c5c4)c4ccc5ccccc5c34)cc2)cc1. The molecule has 9 rings (SSSR count). The summed E-state index contributed by atoms with van der Waals surface area (Å²) >= 11 is 0. The van der Waals surface area contributed by atoms with E-state index >= 15 is 0 Å². The van der Waals surface area contributed by atoms with Gasteiger partial charge < -0.3 is 0 Å². The van der Waals surface area contributed by atoms with Crippen LogP contribution in [0.25, 0.3) is 87.2 Å². The molecule has 0 aliphatic heterocycles. The third-order valence-corrected chi connectivity index (χ3v) is 9.23. The second-order valence-corrected chi connectivity index (χ2v) is 11.7. The summed E-state index contributed by atoms with van der Waals surface area (Å²) in [6.45, 7) is 4.00. The minimum atomic E-state index is 1.23. The van der Waals surface area contributed by atoms with Crippen LogP contribution < -0.4 is 0 Å². The number of hydrogen-bond donors (Lipinski definition) is 0. The maximum Gasteiger partial charge on any atom is -0.00141 e. The summed E-state index contributed by atoms with van der Waals surface area (Å²) in [7, 11) is 0. The molecule has 9 aromatic carbocycles. The van der Waals surface area contributed by atoms with Crippen molar-refractivity contribution >= 4 is 53.9 Å². The lowest BCUT2D eigenvalue weighted by atomic mass is 9.83. The Hall–Kier alpha value is -5.72. The molecule has 0 amide bonds. The molecule has 0 atom stereocenters. The standard InChI is InChI=1S/C44H28.C2H6/c1-2-10-29(11-3-1)30-18-23-34(24-19-30)43-39-17-9-8-16-38(39)42(40-27-26-32-13-5-7-15-37(32)44(40)43)35-25-22-33-21-20-31-12-4-6-14-36(31)41(33)28-35;1-2/h1-28H;1-2H3. The van der Waals surface area contributed by atoms with E-state index in [1.54, 1.807) is 0 Å². The molecule has 0 saturated carbocycles. The van der Waals surface area contributed by atoms with Gasteiger partial charge in [-0.2, -0.15) is 0 Å². The van der Waals surface area contributed by atoms with Gasteiger partial charge in [-0.05, 0) is 93.3 Å². The summed E-state index contributed by atoms with van der Waals surface area (Å²) in [5.41, 5.74) is 7.53. The first kappa shape index (κ1) is 27.8. The van der Waals surface area contributed by atoms with E-state index in [1.165, 1.54) is 87.2 Å². The van der Waals surface area contributed by atoms with Crippen LogP contribution in [0.3, 0.4) is 0 Å². The van der Waals surface area contributed by atoms with E-state index in [0.29, 0.717) is 0 Å². The molecule has 0 bridgehead atoms. The molecule has 0 heterocycles. The number of hydrogen-bond acceptors (Lipinski definition) is 0. The Morgan fingerprint density at radius 3 is 1.43 bits per heavy atom. The molecule has 0 nitrogen and oxygen atoms in total. The predicted octanol–water partition coefficient (Wildman–Crippen LogP) is 13.5. The number of rotatable bonds is 3. The normalized spacial score (nSPS) is 11.3. The van der Waals surface area contributed by atoms with Crippen LogP contribution in [0, 0.1) is 0 Å². The first-order valence-electron chi connectivity index (χ1n) is 16.3. The Morgan fingerprint density at radius 2 is 0.717 bits per heavy atom. The van der Waals surface area contributed by atoms with Crippen molar-refractivity contribution < 1.29 is 0 Å². The van der Waals surface area contributed by atoms with E-state index in [0.717, 1.165) is 0 Å².